The average molecular weight is 329 g/mol. The third-order valence-electron chi connectivity index (χ3n) is 4.42. The van der Waals surface area contributed by atoms with Gasteiger partial charge in [-0.1, -0.05) is 24.3 Å². The predicted molar refractivity (Wildman–Crippen MR) is 93.8 cm³/mol. The van der Waals surface area contributed by atoms with E-state index in [-0.39, 0.29) is 6.03 Å². The number of urea groups is 1. The van der Waals surface area contributed by atoms with E-state index in [0.717, 1.165) is 36.6 Å². The largest absolute Gasteiger partial charge is 0.332 e. The van der Waals surface area contributed by atoms with E-state index < -0.39 is 0 Å². The van der Waals surface area contributed by atoms with Gasteiger partial charge >= 0.3 is 6.03 Å². The number of amides is 2. The van der Waals surface area contributed by atoms with Gasteiger partial charge in [0.05, 0.1) is 17.2 Å². The van der Waals surface area contributed by atoms with Crippen molar-refractivity contribution >= 4 is 17.4 Å². The smallest absolute Gasteiger partial charge is 0.317 e. The molecule has 1 aliphatic heterocycles. The number of hydrogen-bond acceptors (Lipinski definition) is 3. The topological polar surface area (TPSA) is 45.2 Å². The molecule has 2 aromatic rings. The summed E-state index contributed by atoms with van der Waals surface area (Å²) >= 11 is 1.61. The van der Waals surface area contributed by atoms with Gasteiger partial charge < -0.3 is 10.2 Å². The zero-order valence-electron chi connectivity index (χ0n) is 13.7. The summed E-state index contributed by atoms with van der Waals surface area (Å²) in [7, 11) is 0. The minimum Gasteiger partial charge on any atom is -0.332 e. The van der Waals surface area contributed by atoms with Crippen molar-refractivity contribution in [1.29, 1.82) is 0 Å². The number of nitrogens with zero attached hydrogens (tertiary/aromatic N) is 2. The molecule has 0 radical (unpaired) electrons. The van der Waals surface area contributed by atoms with Crippen LogP contribution in [0, 0.1) is 13.8 Å². The molecule has 2 amide bonds. The highest BCUT2D eigenvalue weighted by Gasteiger charge is 2.25. The second-order valence-electron chi connectivity index (χ2n) is 6.16. The monoisotopic (exact) mass is 329 g/mol. The highest BCUT2D eigenvalue weighted by atomic mass is 32.1. The third-order valence-corrected chi connectivity index (χ3v) is 5.25. The van der Waals surface area contributed by atoms with Crippen molar-refractivity contribution in [3.63, 3.8) is 0 Å². The summed E-state index contributed by atoms with van der Waals surface area (Å²) in [5.74, 6) is 0.442. The van der Waals surface area contributed by atoms with Gasteiger partial charge in [0, 0.05) is 24.4 Å². The zero-order valence-corrected chi connectivity index (χ0v) is 14.5. The summed E-state index contributed by atoms with van der Waals surface area (Å²) in [5, 5.41) is 6.04. The SMILES string of the molecule is Cc1nc(CNC(=O)N2CCC[C@H](c3ccccc3C)C2)cs1. The third kappa shape index (κ3) is 3.91. The Morgan fingerprint density at radius 2 is 2.22 bits per heavy atom. The molecule has 122 valence electrons. The van der Waals surface area contributed by atoms with E-state index in [0.29, 0.717) is 12.5 Å². The van der Waals surface area contributed by atoms with Crippen molar-refractivity contribution in [2.24, 2.45) is 0 Å². The molecule has 23 heavy (non-hydrogen) atoms. The number of aromatic nitrogens is 1. The normalized spacial score (nSPS) is 18.0. The number of rotatable bonds is 3. The number of thiazole rings is 1. The quantitative estimate of drug-likeness (QED) is 0.929. The van der Waals surface area contributed by atoms with Gasteiger partial charge in [-0.2, -0.15) is 0 Å². The van der Waals surface area contributed by atoms with Crippen molar-refractivity contribution in [1.82, 2.24) is 15.2 Å². The van der Waals surface area contributed by atoms with Crippen molar-refractivity contribution in [2.45, 2.75) is 39.2 Å². The molecule has 1 aromatic carbocycles. The molecule has 4 nitrogen and oxygen atoms in total. The number of hydrogen-bond donors (Lipinski definition) is 1. The van der Waals surface area contributed by atoms with Crippen LogP contribution in [0.2, 0.25) is 0 Å². The fourth-order valence-electron chi connectivity index (χ4n) is 3.23. The maximum Gasteiger partial charge on any atom is 0.317 e. The van der Waals surface area contributed by atoms with Gasteiger partial charge in [-0.05, 0) is 37.8 Å². The number of piperidine rings is 1. The van der Waals surface area contributed by atoms with Gasteiger partial charge in [-0.3, -0.25) is 0 Å². The summed E-state index contributed by atoms with van der Waals surface area (Å²) in [6.07, 6.45) is 2.21. The minimum atomic E-state index is 0.0222. The van der Waals surface area contributed by atoms with Gasteiger partial charge in [-0.25, -0.2) is 9.78 Å². The number of aryl methyl sites for hydroxylation is 2. The minimum absolute atomic E-state index is 0.0222. The summed E-state index contributed by atoms with van der Waals surface area (Å²) < 4.78 is 0. The molecular weight excluding hydrogens is 306 g/mol. The Morgan fingerprint density at radius 3 is 2.96 bits per heavy atom. The Labute approximate surface area is 141 Å². The Bertz CT molecular complexity index is 682. The van der Waals surface area contributed by atoms with E-state index in [2.05, 4.69) is 41.5 Å². The van der Waals surface area contributed by atoms with Crippen LogP contribution >= 0.6 is 11.3 Å². The molecule has 1 fully saturated rings. The molecule has 0 bridgehead atoms. The van der Waals surface area contributed by atoms with Crippen LogP contribution in [0.5, 0.6) is 0 Å². The molecule has 0 aliphatic carbocycles. The van der Waals surface area contributed by atoms with Crippen LogP contribution in [0.4, 0.5) is 4.79 Å². The molecule has 1 aromatic heterocycles. The number of nitrogens with one attached hydrogen (secondary N) is 1. The second kappa shape index (κ2) is 7.13. The molecular formula is C18H23N3OS. The number of benzene rings is 1. The van der Waals surface area contributed by atoms with Crippen molar-refractivity contribution < 1.29 is 4.79 Å². The van der Waals surface area contributed by atoms with E-state index in [1.165, 1.54) is 11.1 Å². The summed E-state index contributed by atoms with van der Waals surface area (Å²) in [6, 6.07) is 8.53. The van der Waals surface area contributed by atoms with Crippen molar-refractivity contribution in [2.75, 3.05) is 13.1 Å². The van der Waals surface area contributed by atoms with Crippen LogP contribution in [-0.2, 0) is 6.54 Å². The molecule has 2 heterocycles. The van der Waals surface area contributed by atoms with Crippen molar-refractivity contribution in [3.8, 4) is 0 Å². The fraction of sp³-hybridized carbons (Fsp3) is 0.444. The first-order valence-electron chi connectivity index (χ1n) is 8.13. The predicted octanol–water partition coefficient (Wildman–Crippen LogP) is 3.85. The standard InChI is InChI=1S/C18H23N3OS/c1-13-6-3-4-8-17(13)15-7-5-9-21(11-15)18(22)19-10-16-12-23-14(2)20-16/h3-4,6,8,12,15H,5,7,9-11H2,1-2H3,(H,19,22)/t15-/m0/s1. The van der Waals surface area contributed by atoms with Crippen LogP contribution in [-0.4, -0.2) is 29.0 Å². The van der Waals surface area contributed by atoms with Gasteiger partial charge in [0.2, 0.25) is 0 Å². The molecule has 5 heteroatoms. The lowest BCUT2D eigenvalue weighted by Gasteiger charge is -2.33. The summed E-state index contributed by atoms with van der Waals surface area (Å²) in [4.78, 5) is 18.8. The van der Waals surface area contributed by atoms with Crippen LogP contribution < -0.4 is 5.32 Å². The Morgan fingerprint density at radius 1 is 1.39 bits per heavy atom. The van der Waals surface area contributed by atoms with E-state index in [1.54, 1.807) is 11.3 Å². The number of likely N-dealkylation sites (tertiary alicyclic amines) is 1. The van der Waals surface area contributed by atoms with Crippen LogP contribution in [0.3, 0.4) is 0 Å². The van der Waals surface area contributed by atoms with Crippen molar-refractivity contribution in [3.05, 3.63) is 51.5 Å². The maximum atomic E-state index is 12.4. The highest BCUT2D eigenvalue weighted by molar-refractivity contribution is 7.09. The Kier molecular flexibility index (Phi) is 4.96. The summed E-state index contributed by atoms with van der Waals surface area (Å²) in [5.41, 5.74) is 3.63. The molecule has 1 saturated heterocycles. The lowest BCUT2D eigenvalue weighted by molar-refractivity contribution is 0.179. The molecule has 1 aliphatic rings. The van der Waals surface area contributed by atoms with Gasteiger partial charge in [0.25, 0.3) is 0 Å². The van der Waals surface area contributed by atoms with E-state index in [1.807, 2.05) is 17.2 Å². The maximum absolute atomic E-state index is 12.4. The molecule has 1 atom stereocenters. The number of carbonyl (C=O) groups excluding carboxylic acids is 1. The van der Waals surface area contributed by atoms with E-state index in [4.69, 9.17) is 0 Å². The first-order valence-corrected chi connectivity index (χ1v) is 9.01. The average Bonchev–Trinajstić information content (AvgIpc) is 2.98. The summed E-state index contributed by atoms with van der Waals surface area (Å²) in [6.45, 7) is 6.28. The van der Waals surface area contributed by atoms with E-state index >= 15 is 0 Å². The molecule has 0 saturated carbocycles. The van der Waals surface area contributed by atoms with Gasteiger partial charge in [-0.15, -0.1) is 11.3 Å². The van der Waals surface area contributed by atoms with Crippen LogP contribution in [0.1, 0.15) is 40.6 Å². The Balaban J connectivity index is 1.59. The molecule has 3 rings (SSSR count). The first-order chi connectivity index (χ1) is 11.1. The zero-order chi connectivity index (χ0) is 16.2. The fourth-order valence-corrected chi connectivity index (χ4v) is 3.84. The molecule has 1 N–H and O–H groups in total. The second-order valence-corrected chi connectivity index (χ2v) is 7.22. The van der Waals surface area contributed by atoms with Gasteiger partial charge in [0.15, 0.2) is 0 Å². The lowest BCUT2D eigenvalue weighted by atomic mass is 9.88. The highest BCUT2D eigenvalue weighted by Crippen LogP contribution is 2.29. The Hall–Kier alpha value is -1.88. The van der Waals surface area contributed by atoms with Crippen LogP contribution in [0.25, 0.3) is 0 Å². The van der Waals surface area contributed by atoms with Crippen LogP contribution in [0.15, 0.2) is 29.6 Å². The van der Waals surface area contributed by atoms with E-state index in [9.17, 15) is 4.79 Å². The molecule has 0 spiro atoms. The first kappa shape index (κ1) is 16.0. The number of carbonyl (C=O) groups is 1. The molecule has 0 unspecified atom stereocenters. The van der Waals surface area contributed by atoms with Gasteiger partial charge in [0.1, 0.15) is 0 Å². The lowest BCUT2D eigenvalue weighted by Crippen LogP contribution is -2.44.